The Kier molecular flexibility index (Phi) is 4.99. The maximum Gasteiger partial charge on any atom is 0.234 e. The van der Waals surface area contributed by atoms with Crippen molar-refractivity contribution in [1.82, 2.24) is 10.2 Å². The first-order chi connectivity index (χ1) is 13.1. The number of amides is 1. The summed E-state index contributed by atoms with van der Waals surface area (Å²) in [5.74, 6) is 1.13. The van der Waals surface area contributed by atoms with Gasteiger partial charge in [0.1, 0.15) is 18.5 Å². The number of hydrogen-bond donors (Lipinski definition) is 1. The van der Waals surface area contributed by atoms with Crippen LogP contribution >= 0.6 is 0 Å². The molecule has 5 nitrogen and oxygen atoms in total. The molecule has 6 heteroatoms. The summed E-state index contributed by atoms with van der Waals surface area (Å²) in [6.45, 7) is 3.87. The van der Waals surface area contributed by atoms with Gasteiger partial charge >= 0.3 is 0 Å². The number of fused-ring (bicyclic) bond motifs is 2. The van der Waals surface area contributed by atoms with Gasteiger partial charge in [0.15, 0.2) is 11.5 Å². The van der Waals surface area contributed by atoms with E-state index in [-0.39, 0.29) is 30.4 Å². The van der Waals surface area contributed by atoms with Crippen LogP contribution in [0.3, 0.4) is 0 Å². The molecule has 0 spiro atoms. The Morgan fingerprint density at radius 3 is 2.93 bits per heavy atom. The minimum atomic E-state index is -0.235. The molecule has 2 aliphatic heterocycles. The van der Waals surface area contributed by atoms with Gasteiger partial charge in [0.25, 0.3) is 0 Å². The molecule has 2 aromatic rings. The van der Waals surface area contributed by atoms with Crippen molar-refractivity contribution in [2.45, 2.75) is 25.5 Å². The Morgan fingerprint density at radius 2 is 2.07 bits per heavy atom. The number of nitrogens with zero attached hydrogens (tertiary/aromatic N) is 1. The first-order valence-electron chi connectivity index (χ1n) is 9.27. The van der Waals surface area contributed by atoms with E-state index in [0.717, 1.165) is 29.8 Å². The Balaban J connectivity index is 1.30. The summed E-state index contributed by atoms with van der Waals surface area (Å²) in [4.78, 5) is 14.5. The average molecular weight is 370 g/mol. The standard InChI is InChI=1S/C21H23FN2O3/c1-14-18-10-16(22)7-6-15(18)8-9-24(14)12-21(25)23-11-17-13-26-19-4-2-3-5-20(19)27-17/h2-7,10,14,17H,8-9,11-13H2,1H3,(H,23,25). The second kappa shape index (κ2) is 7.56. The predicted molar refractivity (Wildman–Crippen MR) is 99.5 cm³/mol. The summed E-state index contributed by atoms with van der Waals surface area (Å²) in [5, 5.41) is 2.93. The highest BCUT2D eigenvalue weighted by Gasteiger charge is 2.26. The van der Waals surface area contributed by atoms with Gasteiger partial charge in [0.2, 0.25) is 5.91 Å². The molecule has 2 heterocycles. The van der Waals surface area contributed by atoms with Crippen molar-refractivity contribution in [3.63, 3.8) is 0 Å². The van der Waals surface area contributed by atoms with Gasteiger partial charge in [-0.05, 0) is 48.7 Å². The van der Waals surface area contributed by atoms with Crippen LogP contribution in [0.1, 0.15) is 24.1 Å². The fourth-order valence-corrected chi connectivity index (χ4v) is 3.68. The third-order valence-electron chi connectivity index (χ3n) is 5.22. The maximum absolute atomic E-state index is 13.6. The van der Waals surface area contributed by atoms with Gasteiger partial charge in [-0.15, -0.1) is 0 Å². The largest absolute Gasteiger partial charge is 0.486 e. The van der Waals surface area contributed by atoms with E-state index in [1.165, 1.54) is 6.07 Å². The molecule has 0 aromatic heterocycles. The van der Waals surface area contributed by atoms with E-state index in [1.54, 1.807) is 6.07 Å². The SMILES string of the molecule is CC1c2cc(F)ccc2CCN1CC(=O)NCC1COc2ccccc2O1. The van der Waals surface area contributed by atoms with Gasteiger partial charge in [0, 0.05) is 12.6 Å². The van der Waals surface area contributed by atoms with Crippen LogP contribution in [-0.4, -0.2) is 43.2 Å². The third kappa shape index (κ3) is 3.90. The van der Waals surface area contributed by atoms with Gasteiger partial charge in [-0.3, -0.25) is 9.69 Å². The number of carbonyl (C=O) groups is 1. The van der Waals surface area contributed by atoms with Gasteiger partial charge in [0.05, 0.1) is 13.1 Å². The second-order valence-electron chi connectivity index (χ2n) is 7.04. The monoisotopic (exact) mass is 370 g/mol. The van der Waals surface area contributed by atoms with E-state index < -0.39 is 0 Å². The summed E-state index contributed by atoms with van der Waals surface area (Å²) in [6.07, 6.45) is 0.612. The summed E-state index contributed by atoms with van der Waals surface area (Å²) in [6, 6.07) is 12.4. The highest BCUT2D eigenvalue weighted by molar-refractivity contribution is 5.78. The highest BCUT2D eigenvalue weighted by Crippen LogP contribution is 2.31. The topological polar surface area (TPSA) is 50.8 Å². The van der Waals surface area contributed by atoms with Crippen molar-refractivity contribution in [1.29, 1.82) is 0 Å². The third-order valence-corrected chi connectivity index (χ3v) is 5.22. The van der Waals surface area contributed by atoms with Gasteiger partial charge in [-0.2, -0.15) is 0 Å². The quantitative estimate of drug-likeness (QED) is 0.899. The number of benzene rings is 2. The lowest BCUT2D eigenvalue weighted by molar-refractivity contribution is -0.123. The van der Waals surface area contributed by atoms with Gasteiger partial charge < -0.3 is 14.8 Å². The molecule has 0 bridgehead atoms. The lowest BCUT2D eigenvalue weighted by atomic mass is 9.93. The van der Waals surface area contributed by atoms with Crippen molar-refractivity contribution in [2.75, 3.05) is 26.2 Å². The molecule has 27 heavy (non-hydrogen) atoms. The number of para-hydroxylation sites is 2. The van der Waals surface area contributed by atoms with E-state index in [4.69, 9.17) is 9.47 Å². The van der Waals surface area contributed by atoms with Crippen LogP contribution in [-0.2, 0) is 11.2 Å². The predicted octanol–water partition coefficient (Wildman–Crippen LogP) is 2.70. The summed E-state index contributed by atoms with van der Waals surface area (Å²) < 4.78 is 25.1. The van der Waals surface area contributed by atoms with Crippen molar-refractivity contribution in [3.8, 4) is 11.5 Å². The molecule has 0 fully saturated rings. The lowest BCUT2D eigenvalue weighted by Crippen LogP contribution is -2.46. The number of nitrogens with one attached hydrogen (secondary N) is 1. The Hall–Kier alpha value is -2.60. The molecule has 2 aliphatic rings. The Morgan fingerprint density at radius 1 is 1.26 bits per heavy atom. The Labute approximate surface area is 158 Å². The Bertz CT molecular complexity index is 842. The van der Waals surface area contributed by atoms with Crippen LogP contribution in [0.2, 0.25) is 0 Å². The van der Waals surface area contributed by atoms with E-state index in [1.807, 2.05) is 37.3 Å². The number of hydrogen-bond acceptors (Lipinski definition) is 4. The van der Waals surface area contributed by atoms with Crippen LogP contribution in [0, 0.1) is 5.82 Å². The normalized spacial score (nSPS) is 21.4. The number of rotatable bonds is 4. The number of ether oxygens (including phenoxy) is 2. The van der Waals surface area contributed by atoms with Crippen LogP contribution in [0.4, 0.5) is 4.39 Å². The van der Waals surface area contributed by atoms with Crippen LogP contribution in [0.15, 0.2) is 42.5 Å². The molecule has 4 rings (SSSR count). The molecule has 1 amide bonds. The summed E-state index contributed by atoms with van der Waals surface area (Å²) in [7, 11) is 0. The van der Waals surface area contributed by atoms with Crippen molar-refractivity contribution < 1.29 is 18.7 Å². The highest BCUT2D eigenvalue weighted by atomic mass is 19.1. The van der Waals surface area contributed by atoms with E-state index in [2.05, 4.69) is 10.2 Å². The van der Waals surface area contributed by atoms with Gasteiger partial charge in [-0.1, -0.05) is 18.2 Å². The minimum absolute atomic E-state index is 0.0105. The zero-order chi connectivity index (χ0) is 18.8. The first kappa shape index (κ1) is 17.8. The number of carbonyl (C=O) groups excluding carboxylic acids is 1. The number of halogens is 1. The minimum Gasteiger partial charge on any atom is -0.486 e. The maximum atomic E-state index is 13.6. The molecule has 0 saturated carbocycles. The molecule has 0 radical (unpaired) electrons. The first-order valence-corrected chi connectivity index (χ1v) is 9.27. The molecule has 2 aromatic carbocycles. The second-order valence-corrected chi connectivity index (χ2v) is 7.04. The summed E-state index contributed by atoms with van der Waals surface area (Å²) >= 11 is 0. The fourth-order valence-electron chi connectivity index (χ4n) is 3.68. The van der Waals surface area contributed by atoms with Crippen LogP contribution in [0.25, 0.3) is 0 Å². The van der Waals surface area contributed by atoms with Crippen molar-refractivity contribution >= 4 is 5.91 Å². The van der Waals surface area contributed by atoms with Crippen molar-refractivity contribution in [2.24, 2.45) is 0 Å². The smallest absolute Gasteiger partial charge is 0.234 e. The average Bonchev–Trinajstić information content (AvgIpc) is 2.69. The molecule has 142 valence electrons. The molecular formula is C21H23FN2O3. The van der Waals surface area contributed by atoms with Crippen molar-refractivity contribution in [3.05, 3.63) is 59.4 Å². The van der Waals surface area contributed by atoms with Crippen LogP contribution in [0.5, 0.6) is 11.5 Å². The summed E-state index contributed by atoms with van der Waals surface area (Å²) in [5.41, 5.74) is 2.13. The molecular weight excluding hydrogens is 347 g/mol. The lowest BCUT2D eigenvalue weighted by Gasteiger charge is -2.35. The van der Waals surface area contributed by atoms with E-state index in [0.29, 0.717) is 18.9 Å². The van der Waals surface area contributed by atoms with E-state index in [9.17, 15) is 9.18 Å². The molecule has 2 unspecified atom stereocenters. The molecule has 0 aliphatic carbocycles. The zero-order valence-corrected chi connectivity index (χ0v) is 15.3. The zero-order valence-electron chi connectivity index (χ0n) is 15.3. The molecule has 1 N–H and O–H groups in total. The van der Waals surface area contributed by atoms with Gasteiger partial charge in [-0.25, -0.2) is 4.39 Å². The fraction of sp³-hybridized carbons (Fsp3) is 0.381. The van der Waals surface area contributed by atoms with Crippen LogP contribution < -0.4 is 14.8 Å². The van der Waals surface area contributed by atoms with E-state index >= 15 is 0 Å². The molecule has 0 saturated heterocycles. The molecule has 2 atom stereocenters.